The molecule has 0 aliphatic rings. The molecule has 0 fully saturated rings. The minimum absolute atomic E-state index is 0.0283. The smallest absolute Gasteiger partial charge is 0.399 e. The summed E-state index contributed by atoms with van der Waals surface area (Å²) in [5.41, 5.74) is -4.18. The van der Waals surface area contributed by atoms with Gasteiger partial charge in [0.1, 0.15) is 5.75 Å². The van der Waals surface area contributed by atoms with E-state index >= 15 is 0 Å². The van der Waals surface area contributed by atoms with Gasteiger partial charge in [-0.15, -0.1) is 0 Å². The van der Waals surface area contributed by atoms with Gasteiger partial charge < -0.3 is 14.5 Å². The van der Waals surface area contributed by atoms with Crippen LogP contribution < -0.4 is 4.74 Å². The van der Waals surface area contributed by atoms with E-state index in [1.165, 1.54) is 12.1 Å². The van der Waals surface area contributed by atoms with Crippen LogP contribution in [0, 0.1) is 0 Å². The molecule has 0 saturated heterocycles. The molecular formula is C16H16BrF2O4PS. The normalized spacial score (nSPS) is 12.2. The highest BCUT2D eigenvalue weighted by Crippen LogP contribution is 2.60. The lowest BCUT2D eigenvalue weighted by Crippen LogP contribution is -2.14. The van der Waals surface area contributed by atoms with E-state index in [4.69, 9.17) is 14.5 Å². The van der Waals surface area contributed by atoms with Crippen molar-refractivity contribution in [2.75, 3.05) is 12.4 Å². The molecule has 0 spiro atoms. The van der Waals surface area contributed by atoms with Gasteiger partial charge >= 0.3 is 13.3 Å². The van der Waals surface area contributed by atoms with Crippen LogP contribution in [0.4, 0.5) is 8.78 Å². The zero-order valence-electron chi connectivity index (χ0n) is 12.9. The highest BCUT2D eigenvalue weighted by molar-refractivity contribution is 9.10. The van der Waals surface area contributed by atoms with Crippen molar-refractivity contribution in [1.82, 2.24) is 0 Å². The number of halogens is 3. The molecule has 0 aliphatic carbocycles. The minimum Gasteiger partial charge on any atom is -0.493 e. The molecular weight excluding hydrogens is 437 g/mol. The lowest BCUT2D eigenvalue weighted by Gasteiger charge is -2.19. The Morgan fingerprint density at radius 2 is 1.84 bits per heavy atom. The second-order valence-corrected chi connectivity index (χ2v) is 8.72. The van der Waals surface area contributed by atoms with Gasteiger partial charge in [-0.05, 0) is 23.8 Å². The van der Waals surface area contributed by atoms with Crippen molar-refractivity contribution in [2.24, 2.45) is 0 Å². The molecule has 2 aromatic carbocycles. The molecule has 9 heteroatoms. The Balaban J connectivity index is 1.88. The van der Waals surface area contributed by atoms with E-state index in [-0.39, 0.29) is 4.47 Å². The van der Waals surface area contributed by atoms with Crippen molar-refractivity contribution < 1.29 is 27.9 Å². The summed E-state index contributed by atoms with van der Waals surface area (Å²) in [5.74, 6) is 2.07. The van der Waals surface area contributed by atoms with Crippen molar-refractivity contribution in [3.63, 3.8) is 0 Å². The predicted octanol–water partition coefficient (Wildman–Crippen LogP) is 4.99. The first-order chi connectivity index (χ1) is 11.7. The van der Waals surface area contributed by atoms with E-state index < -0.39 is 18.8 Å². The monoisotopic (exact) mass is 452 g/mol. The molecule has 0 aromatic heterocycles. The molecule has 0 bridgehead atoms. The third kappa shape index (κ3) is 5.53. The second kappa shape index (κ2) is 8.64. The second-order valence-electron chi connectivity index (χ2n) is 5.11. The molecule has 0 atom stereocenters. The topological polar surface area (TPSA) is 66.8 Å². The molecule has 136 valence electrons. The fraction of sp³-hybridized carbons (Fsp3) is 0.250. The summed E-state index contributed by atoms with van der Waals surface area (Å²) in [5, 5.41) is 0. The zero-order valence-corrected chi connectivity index (χ0v) is 16.2. The van der Waals surface area contributed by atoms with E-state index in [1.54, 1.807) is 11.8 Å². The molecule has 0 saturated carbocycles. The highest BCUT2D eigenvalue weighted by atomic mass is 79.9. The molecule has 0 unspecified atom stereocenters. The Morgan fingerprint density at radius 3 is 2.44 bits per heavy atom. The average Bonchev–Trinajstić information content (AvgIpc) is 2.54. The van der Waals surface area contributed by atoms with E-state index in [0.717, 1.165) is 17.4 Å². The van der Waals surface area contributed by atoms with E-state index in [1.807, 2.05) is 30.3 Å². The van der Waals surface area contributed by atoms with Crippen molar-refractivity contribution in [2.45, 2.75) is 11.4 Å². The van der Waals surface area contributed by atoms with Crippen LogP contribution in [0.1, 0.15) is 11.1 Å². The number of thioether (sulfide) groups is 1. The van der Waals surface area contributed by atoms with Gasteiger partial charge in [0.2, 0.25) is 0 Å². The summed E-state index contributed by atoms with van der Waals surface area (Å²) >= 11 is 4.54. The summed E-state index contributed by atoms with van der Waals surface area (Å²) in [4.78, 5) is 17.6. The predicted molar refractivity (Wildman–Crippen MR) is 98.2 cm³/mol. The van der Waals surface area contributed by atoms with Crippen LogP contribution in [0.15, 0.2) is 53.0 Å². The van der Waals surface area contributed by atoms with Crippen molar-refractivity contribution in [3.8, 4) is 5.75 Å². The van der Waals surface area contributed by atoms with Gasteiger partial charge in [-0.2, -0.15) is 20.5 Å². The standard InChI is InChI=1S/C16H16BrF2O4PS/c17-15-10-12(6-7-14(15)16(18,19)24(20,21)22)11-25-9-8-23-13-4-2-1-3-5-13/h1-7,10H,8-9,11H2,(H2,20,21,22). The Hall–Kier alpha value is -0.920. The van der Waals surface area contributed by atoms with Gasteiger partial charge in [-0.1, -0.05) is 46.3 Å². The zero-order chi connectivity index (χ0) is 18.5. The number of hydrogen-bond donors (Lipinski definition) is 2. The van der Waals surface area contributed by atoms with Gasteiger partial charge in [-0.25, -0.2) is 0 Å². The Kier molecular flexibility index (Phi) is 7.05. The fourth-order valence-corrected chi connectivity index (χ4v) is 4.07. The van der Waals surface area contributed by atoms with E-state index in [9.17, 15) is 13.3 Å². The number of rotatable bonds is 8. The van der Waals surface area contributed by atoms with Gasteiger partial charge in [0, 0.05) is 21.5 Å². The van der Waals surface area contributed by atoms with E-state index in [0.29, 0.717) is 18.1 Å². The number of hydrogen-bond acceptors (Lipinski definition) is 3. The Morgan fingerprint density at radius 1 is 1.16 bits per heavy atom. The molecule has 0 heterocycles. The van der Waals surface area contributed by atoms with Crippen LogP contribution in [0.3, 0.4) is 0 Å². The summed E-state index contributed by atoms with van der Waals surface area (Å²) < 4.78 is 44.0. The highest BCUT2D eigenvalue weighted by Gasteiger charge is 2.51. The minimum atomic E-state index is -5.58. The maximum Gasteiger partial charge on any atom is 0.399 e. The average molecular weight is 453 g/mol. The van der Waals surface area contributed by atoms with Crippen LogP contribution >= 0.6 is 35.3 Å². The summed E-state index contributed by atoms with van der Waals surface area (Å²) in [6.07, 6.45) is 0. The number of benzene rings is 2. The van der Waals surface area contributed by atoms with Crippen molar-refractivity contribution in [1.29, 1.82) is 0 Å². The molecule has 25 heavy (non-hydrogen) atoms. The Bertz CT molecular complexity index is 755. The maximum absolute atomic E-state index is 13.8. The summed E-state index contributed by atoms with van der Waals surface area (Å²) in [7, 11) is -5.58. The lowest BCUT2D eigenvalue weighted by molar-refractivity contribution is 0.0557. The van der Waals surface area contributed by atoms with Gasteiger partial charge in [0.15, 0.2) is 0 Å². The van der Waals surface area contributed by atoms with Crippen LogP contribution in [0.2, 0.25) is 0 Å². The first kappa shape index (κ1) is 20.4. The summed E-state index contributed by atoms with van der Waals surface area (Å²) in [6.45, 7) is 0.518. The van der Waals surface area contributed by atoms with Crippen LogP contribution in [0.25, 0.3) is 0 Å². The van der Waals surface area contributed by atoms with Gasteiger partial charge in [0.05, 0.1) is 6.61 Å². The number of alkyl halides is 2. The fourth-order valence-electron chi connectivity index (χ4n) is 1.97. The Labute approximate surface area is 156 Å². The number of ether oxygens (including phenoxy) is 1. The maximum atomic E-state index is 13.8. The third-order valence-corrected chi connectivity index (χ3v) is 5.85. The molecule has 2 rings (SSSR count). The van der Waals surface area contributed by atoms with Crippen molar-refractivity contribution >= 4 is 35.3 Å². The molecule has 0 radical (unpaired) electrons. The SMILES string of the molecule is O=P(O)(O)C(F)(F)c1ccc(CSCCOc2ccccc2)cc1Br. The molecule has 2 aromatic rings. The number of para-hydroxylation sites is 1. The molecule has 0 aliphatic heterocycles. The quantitative estimate of drug-likeness (QED) is 0.436. The largest absolute Gasteiger partial charge is 0.493 e. The van der Waals surface area contributed by atoms with Crippen LogP contribution in [-0.4, -0.2) is 22.1 Å². The van der Waals surface area contributed by atoms with Crippen LogP contribution in [-0.2, 0) is 16.0 Å². The molecule has 4 nitrogen and oxygen atoms in total. The molecule has 2 N–H and O–H groups in total. The van der Waals surface area contributed by atoms with E-state index in [2.05, 4.69) is 15.9 Å². The summed E-state index contributed by atoms with van der Waals surface area (Å²) in [6, 6.07) is 13.3. The lowest BCUT2D eigenvalue weighted by atomic mass is 10.1. The van der Waals surface area contributed by atoms with Crippen molar-refractivity contribution in [3.05, 3.63) is 64.1 Å². The first-order valence-electron chi connectivity index (χ1n) is 7.20. The van der Waals surface area contributed by atoms with Gasteiger partial charge in [0.25, 0.3) is 0 Å². The molecule has 0 amide bonds. The van der Waals surface area contributed by atoms with Gasteiger partial charge in [-0.3, -0.25) is 4.57 Å². The first-order valence-corrected chi connectivity index (χ1v) is 10.8. The third-order valence-electron chi connectivity index (χ3n) is 3.23. The van der Waals surface area contributed by atoms with Crippen LogP contribution in [0.5, 0.6) is 5.75 Å².